The van der Waals surface area contributed by atoms with Crippen LogP contribution >= 0.6 is 0 Å². The topological polar surface area (TPSA) is 29.3 Å². The number of rotatable bonds is 5. The zero-order valence-electron chi connectivity index (χ0n) is 8.80. The van der Waals surface area contributed by atoms with Crippen molar-refractivity contribution in [3.05, 3.63) is 12.2 Å². The predicted octanol–water partition coefficient (Wildman–Crippen LogP) is 1.62. The summed E-state index contributed by atoms with van der Waals surface area (Å²) in [6.07, 6.45) is 5.29. The summed E-state index contributed by atoms with van der Waals surface area (Å²) in [6.45, 7) is 8.34. The minimum Gasteiger partial charge on any atom is -0.327 e. The number of nitrogens with zero attached hydrogens (tertiary/aromatic N) is 1. The molecule has 0 atom stereocenters. The van der Waals surface area contributed by atoms with Crippen molar-refractivity contribution in [3.8, 4) is 0 Å². The Balaban J connectivity index is 3.86. The van der Waals surface area contributed by atoms with E-state index in [-0.39, 0.29) is 0 Å². The maximum absolute atomic E-state index is 5.35. The van der Waals surface area contributed by atoms with Crippen LogP contribution in [0.2, 0.25) is 0 Å². The van der Waals surface area contributed by atoms with Crippen molar-refractivity contribution in [2.45, 2.75) is 32.7 Å². The monoisotopic (exact) mass is 170 g/mol. The molecule has 0 aliphatic carbocycles. The Kier molecular flexibility index (Phi) is 5.18. The molecule has 0 unspecified atom stereocenters. The second-order valence-electron chi connectivity index (χ2n) is 3.75. The summed E-state index contributed by atoms with van der Waals surface area (Å²) in [4.78, 5) is 2.33. The fraction of sp³-hybridized carbons (Fsp3) is 0.800. The van der Waals surface area contributed by atoms with E-state index in [9.17, 15) is 0 Å². The Morgan fingerprint density at radius 2 is 1.92 bits per heavy atom. The number of nitrogens with two attached hydrogens (primary N) is 1. The highest BCUT2D eigenvalue weighted by Gasteiger charge is 2.19. The van der Waals surface area contributed by atoms with E-state index in [1.807, 2.05) is 6.08 Å². The fourth-order valence-corrected chi connectivity index (χ4v) is 0.846. The van der Waals surface area contributed by atoms with Gasteiger partial charge in [-0.2, -0.15) is 0 Å². The minimum atomic E-state index is 0.291. The third-order valence-corrected chi connectivity index (χ3v) is 2.58. The highest BCUT2D eigenvalue weighted by atomic mass is 15.2. The number of hydrogen-bond donors (Lipinski definition) is 1. The molecular formula is C10H22N2. The van der Waals surface area contributed by atoms with E-state index in [1.54, 1.807) is 0 Å². The largest absolute Gasteiger partial charge is 0.327 e. The third kappa shape index (κ3) is 3.88. The number of likely N-dealkylation sites (N-methyl/N-ethyl adjacent to an activating group) is 1. The lowest BCUT2D eigenvalue weighted by Crippen LogP contribution is -2.40. The van der Waals surface area contributed by atoms with Gasteiger partial charge in [-0.05, 0) is 27.3 Å². The van der Waals surface area contributed by atoms with Crippen LogP contribution in [0.15, 0.2) is 12.2 Å². The first-order valence-corrected chi connectivity index (χ1v) is 4.61. The minimum absolute atomic E-state index is 0.291. The van der Waals surface area contributed by atoms with Crippen LogP contribution in [0, 0.1) is 0 Å². The maximum Gasteiger partial charge on any atom is 0.0165 e. The van der Waals surface area contributed by atoms with Crippen LogP contribution in [0.1, 0.15) is 27.2 Å². The molecule has 12 heavy (non-hydrogen) atoms. The molecule has 0 rings (SSSR count). The van der Waals surface area contributed by atoms with Gasteiger partial charge < -0.3 is 5.73 Å². The number of hydrogen-bond acceptors (Lipinski definition) is 2. The highest BCUT2D eigenvalue weighted by Crippen LogP contribution is 2.15. The SMILES string of the molecule is CCC(C)(C)N(C)CC=CCN. The lowest BCUT2D eigenvalue weighted by molar-refractivity contribution is 0.168. The van der Waals surface area contributed by atoms with E-state index in [4.69, 9.17) is 5.73 Å². The summed E-state index contributed by atoms with van der Waals surface area (Å²) in [7, 11) is 2.14. The molecule has 0 aromatic heterocycles. The van der Waals surface area contributed by atoms with Crippen LogP contribution in [0.3, 0.4) is 0 Å². The Bertz CT molecular complexity index is 139. The van der Waals surface area contributed by atoms with Gasteiger partial charge in [0.1, 0.15) is 0 Å². The molecule has 0 aliphatic rings. The summed E-state index contributed by atoms with van der Waals surface area (Å²) in [5.74, 6) is 0. The van der Waals surface area contributed by atoms with E-state index >= 15 is 0 Å². The van der Waals surface area contributed by atoms with Gasteiger partial charge >= 0.3 is 0 Å². The predicted molar refractivity (Wildman–Crippen MR) is 55.2 cm³/mol. The molecule has 0 aromatic carbocycles. The van der Waals surface area contributed by atoms with E-state index < -0.39 is 0 Å². The van der Waals surface area contributed by atoms with Crippen LogP contribution in [0.5, 0.6) is 0 Å². The molecule has 0 heterocycles. The van der Waals surface area contributed by atoms with E-state index in [0.717, 1.165) is 6.54 Å². The Morgan fingerprint density at radius 1 is 1.33 bits per heavy atom. The summed E-state index contributed by atoms with van der Waals surface area (Å²) in [5.41, 5.74) is 5.64. The van der Waals surface area contributed by atoms with Gasteiger partial charge in [0.15, 0.2) is 0 Å². The van der Waals surface area contributed by atoms with Gasteiger partial charge in [-0.25, -0.2) is 0 Å². The first kappa shape index (κ1) is 11.7. The van der Waals surface area contributed by atoms with Gasteiger partial charge in [0.2, 0.25) is 0 Å². The molecule has 0 aliphatic heterocycles. The molecule has 0 bridgehead atoms. The van der Waals surface area contributed by atoms with Crippen molar-refractivity contribution in [2.75, 3.05) is 20.1 Å². The zero-order valence-corrected chi connectivity index (χ0v) is 8.80. The van der Waals surface area contributed by atoms with E-state index in [1.165, 1.54) is 6.42 Å². The molecule has 2 nitrogen and oxygen atoms in total. The van der Waals surface area contributed by atoms with Crippen LogP contribution in [0.25, 0.3) is 0 Å². The molecule has 0 spiro atoms. The molecule has 0 amide bonds. The summed E-state index contributed by atoms with van der Waals surface area (Å²) in [5, 5.41) is 0. The summed E-state index contributed by atoms with van der Waals surface area (Å²) in [6, 6.07) is 0. The average Bonchev–Trinajstić information content (AvgIpc) is 2.05. The van der Waals surface area contributed by atoms with Crippen molar-refractivity contribution in [1.29, 1.82) is 0 Å². The molecule has 72 valence electrons. The lowest BCUT2D eigenvalue weighted by atomic mass is 10.0. The van der Waals surface area contributed by atoms with E-state index in [2.05, 4.69) is 38.8 Å². The first-order chi connectivity index (χ1) is 5.54. The Labute approximate surface area is 76.4 Å². The highest BCUT2D eigenvalue weighted by molar-refractivity contribution is 4.88. The Morgan fingerprint density at radius 3 is 2.33 bits per heavy atom. The molecule has 0 radical (unpaired) electrons. The Hall–Kier alpha value is -0.340. The van der Waals surface area contributed by atoms with Crippen molar-refractivity contribution in [2.24, 2.45) is 5.73 Å². The van der Waals surface area contributed by atoms with Gasteiger partial charge in [0.25, 0.3) is 0 Å². The summed E-state index contributed by atoms with van der Waals surface area (Å²) < 4.78 is 0. The maximum atomic E-state index is 5.35. The average molecular weight is 170 g/mol. The van der Waals surface area contributed by atoms with Crippen molar-refractivity contribution in [1.82, 2.24) is 4.90 Å². The first-order valence-electron chi connectivity index (χ1n) is 4.61. The third-order valence-electron chi connectivity index (χ3n) is 2.58. The summed E-state index contributed by atoms with van der Waals surface area (Å²) >= 11 is 0. The zero-order chi connectivity index (χ0) is 9.61. The van der Waals surface area contributed by atoms with Crippen LogP contribution in [-0.4, -0.2) is 30.6 Å². The molecule has 0 aromatic rings. The second-order valence-corrected chi connectivity index (χ2v) is 3.75. The molecule has 0 saturated heterocycles. The molecule has 0 fully saturated rings. The van der Waals surface area contributed by atoms with Crippen molar-refractivity contribution < 1.29 is 0 Å². The van der Waals surface area contributed by atoms with Crippen molar-refractivity contribution >= 4 is 0 Å². The molecule has 2 heteroatoms. The van der Waals surface area contributed by atoms with Crippen molar-refractivity contribution in [3.63, 3.8) is 0 Å². The smallest absolute Gasteiger partial charge is 0.0165 e. The van der Waals surface area contributed by atoms with E-state index in [0.29, 0.717) is 12.1 Å². The molecule has 2 N–H and O–H groups in total. The quantitative estimate of drug-likeness (QED) is 0.635. The second kappa shape index (κ2) is 5.33. The van der Waals surface area contributed by atoms with Gasteiger partial charge in [-0.15, -0.1) is 0 Å². The van der Waals surface area contributed by atoms with Gasteiger partial charge in [0, 0.05) is 18.6 Å². The van der Waals surface area contributed by atoms with Gasteiger partial charge in [0.05, 0.1) is 0 Å². The van der Waals surface area contributed by atoms with Gasteiger partial charge in [-0.3, -0.25) is 4.90 Å². The lowest BCUT2D eigenvalue weighted by Gasteiger charge is -2.33. The van der Waals surface area contributed by atoms with Crippen LogP contribution < -0.4 is 5.73 Å². The van der Waals surface area contributed by atoms with Crippen LogP contribution in [0.4, 0.5) is 0 Å². The standard InChI is InChI=1S/C10H22N2/c1-5-10(2,3)12(4)9-7-6-8-11/h6-7H,5,8-9,11H2,1-4H3. The van der Waals surface area contributed by atoms with Crippen LogP contribution in [-0.2, 0) is 0 Å². The fourth-order valence-electron chi connectivity index (χ4n) is 0.846. The molecular weight excluding hydrogens is 148 g/mol. The normalized spacial score (nSPS) is 13.2. The van der Waals surface area contributed by atoms with Gasteiger partial charge in [-0.1, -0.05) is 19.1 Å². The molecule has 0 saturated carbocycles.